The molecule has 0 spiro atoms. The van der Waals surface area contributed by atoms with Crippen molar-refractivity contribution in [2.75, 3.05) is 26.2 Å². The Morgan fingerprint density at radius 1 is 1.07 bits per heavy atom. The van der Waals surface area contributed by atoms with Gasteiger partial charge in [0.25, 0.3) is 0 Å². The summed E-state index contributed by atoms with van der Waals surface area (Å²) >= 11 is 0. The van der Waals surface area contributed by atoms with Crippen LogP contribution in [0.2, 0.25) is 0 Å². The van der Waals surface area contributed by atoms with Crippen molar-refractivity contribution < 1.29 is 18.0 Å². The second-order valence-electron chi connectivity index (χ2n) is 7.79. The van der Waals surface area contributed by atoms with Crippen molar-refractivity contribution in [2.45, 2.75) is 50.5 Å². The molecule has 1 heterocycles. The lowest BCUT2D eigenvalue weighted by Gasteiger charge is -2.34. The van der Waals surface area contributed by atoms with Gasteiger partial charge in [0.2, 0.25) is 21.8 Å². The quantitative estimate of drug-likeness (QED) is 0.743. The van der Waals surface area contributed by atoms with Crippen molar-refractivity contribution in [1.82, 2.24) is 14.5 Å². The molecule has 7 nitrogen and oxygen atoms in total. The summed E-state index contributed by atoms with van der Waals surface area (Å²) in [5.74, 6) is 0.401. The van der Waals surface area contributed by atoms with Gasteiger partial charge in [-0.3, -0.25) is 9.59 Å². The molecule has 1 N–H and O–H groups in total. The van der Waals surface area contributed by atoms with Gasteiger partial charge in [0.1, 0.15) is 0 Å². The van der Waals surface area contributed by atoms with E-state index in [0.29, 0.717) is 19.0 Å². The minimum Gasteiger partial charge on any atom is -0.353 e. The lowest BCUT2D eigenvalue weighted by molar-refractivity contribution is -0.134. The Balaban J connectivity index is 1.45. The van der Waals surface area contributed by atoms with Crippen LogP contribution in [0.25, 0.3) is 0 Å². The van der Waals surface area contributed by atoms with E-state index in [1.807, 2.05) is 13.8 Å². The van der Waals surface area contributed by atoms with Gasteiger partial charge in [-0.1, -0.05) is 17.7 Å². The van der Waals surface area contributed by atoms with Gasteiger partial charge in [0, 0.05) is 45.1 Å². The zero-order valence-corrected chi connectivity index (χ0v) is 17.4. The second-order valence-corrected chi connectivity index (χ2v) is 9.73. The summed E-state index contributed by atoms with van der Waals surface area (Å²) in [5, 5.41) is 2.95. The number of piperazine rings is 1. The second kappa shape index (κ2) is 8.61. The molecular weight excluding hydrogens is 378 g/mol. The molecule has 1 aromatic rings. The number of hydrogen-bond acceptors (Lipinski definition) is 4. The highest BCUT2D eigenvalue weighted by molar-refractivity contribution is 7.89. The van der Waals surface area contributed by atoms with Crippen molar-refractivity contribution in [3.63, 3.8) is 0 Å². The Morgan fingerprint density at radius 2 is 1.68 bits per heavy atom. The zero-order valence-electron chi connectivity index (χ0n) is 16.6. The molecule has 3 rings (SSSR count). The van der Waals surface area contributed by atoms with Crippen LogP contribution in [-0.2, 0) is 19.6 Å². The molecule has 1 saturated heterocycles. The average molecular weight is 408 g/mol. The maximum absolute atomic E-state index is 12.7. The third-order valence-electron chi connectivity index (χ3n) is 5.53. The summed E-state index contributed by atoms with van der Waals surface area (Å²) in [6.45, 7) is 5.16. The maximum atomic E-state index is 12.7. The van der Waals surface area contributed by atoms with Crippen LogP contribution in [0.1, 0.15) is 38.2 Å². The molecule has 2 aliphatic rings. The van der Waals surface area contributed by atoms with E-state index >= 15 is 0 Å². The summed E-state index contributed by atoms with van der Waals surface area (Å²) in [7, 11) is -3.54. The van der Waals surface area contributed by atoms with Gasteiger partial charge >= 0.3 is 0 Å². The number of hydrogen-bond donors (Lipinski definition) is 1. The van der Waals surface area contributed by atoms with Gasteiger partial charge in [-0.15, -0.1) is 0 Å². The zero-order chi connectivity index (χ0) is 20.3. The third kappa shape index (κ3) is 5.11. The van der Waals surface area contributed by atoms with Gasteiger partial charge in [0.05, 0.1) is 4.90 Å². The van der Waals surface area contributed by atoms with Gasteiger partial charge in [-0.2, -0.15) is 4.31 Å². The number of rotatable bonds is 7. The Hall–Kier alpha value is -1.93. The first kappa shape index (κ1) is 20.8. The molecule has 0 aromatic heterocycles. The fourth-order valence-electron chi connectivity index (χ4n) is 3.46. The van der Waals surface area contributed by atoms with Gasteiger partial charge in [0.15, 0.2) is 0 Å². The maximum Gasteiger partial charge on any atom is 0.243 e. The standard InChI is InChI=1S/C20H29N3O4S/c1-15-3-7-18(8-4-15)28(26,27)23-13-11-22(12-14-23)20(25)10-9-19(24)21-16(2)17-5-6-17/h3-4,7-8,16-17H,5-6,9-14H2,1-2H3,(H,21,24)/t16-/m0/s1. The summed E-state index contributed by atoms with van der Waals surface area (Å²) in [5.41, 5.74) is 1.00. The van der Waals surface area contributed by atoms with Crippen LogP contribution in [0.3, 0.4) is 0 Å². The molecule has 1 saturated carbocycles. The SMILES string of the molecule is Cc1ccc(S(=O)(=O)N2CCN(C(=O)CCC(=O)N[C@@H](C)C3CC3)CC2)cc1. The number of carbonyl (C=O) groups excluding carboxylic acids is 2. The van der Waals surface area contributed by atoms with E-state index in [2.05, 4.69) is 5.32 Å². The molecule has 1 aliphatic heterocycles. The molecule has 154 valence electrons. The van der Waals surface area contributed by atoms with Crippen LogP contribution >= 0.6 is 0 Å². The molecule has 0 unspecified atom stereocenters. The Labute approximate surface area is 167 Å². The van der Waals surface area contributed by atoms with E-state index in [9.17, 15) is 18.0 Å². The van der Waals surface area contributed by atoms with Crippen molar-refractivity contribution >= 4 is 21.8 Å². The predicted octanol–water partition coefficient (Wildman–Crippen LogP) is 1.52. The molecular formula is C20H29N3O4S. The van der Waals surface area contributed by atoms with E-state index < -0.39 is 10.0 Å². The van der Waals surface area contributed by atoms with E-state index in [4.69, 9.17) is 0 Å². The lowest BCUT2D eigenvalue weighted by Crippen LogP contribution is -2.50. The Bertz CT molecular complexity index is 810. The summed E-state index contributed by atoms with van der Waals surface area (Å²) < 4.78 is 26.9. The molecule has 1 aromatic carbocycles. The predicted molar refractivity (Wildman–Crippen MR) is 106 cm³/mol. The molecule has 2 fully saturated rings. The molecule has 8 heteroatoms. The largest absolute Gasteiger partial charge is 0.353 e. The van der Waals surface area contributed by atoms with Crippen molar-refractivity contribution in [3.8, 4) is 0 Å². The number of benzene rings is 1. The first-order valence-corrected chi connectivity index (χ1v) is 11.4. The van der Waals surface area contributed by atoms with Crippen LogP contribution in [-0.4, -0.2) is 61.7 Å². The van der Waals surface area contributed by atoms with Crippen LogP contribution in [0.4, 0.5) is 0 Å². The number of aryl methyl sites for hydroxylation is 1. The first-order chi connectivity index (χ1) is 13.3. The topological polar surface area (TPSA) is 86.8 Å². The smallest absolute Gasteiger partial charge is 0.243 e. The molecule has 0 bridgehead atoms. The van der Waals surface area contributed by atoms with E-state index in [1.54, 1.807) is 29.2 Å². The van der Waals surface area contributed by atoms with E-state index in [-0.39, 0.29) is 48.7 Å². The number of sulfonamides is 1. The van der Waals surface area contributed by atoms with Crippen LogP contribution in [0, 0.1) is 12.8 Å². The number of nitrogens with zero attached hydrogens (tertiary/aromatic N) is 2. The number of carbonyl (C=O) groups is 2. The summed E-state index contributed by atoms with van der Waals surface area (Å²) in [4.78, 5) is 26.3. The Kier molecular flexibility index (Phi) is 6.40. The fraction of sp³-hybridized carbons (Fsp3) is 0.600. The normalized spacial score (nSPS) is 19.3. The minimum absolute atomic E-state index is 0.0895. The highest BCUT2D eigenvalue weighted by Crippen LogP contribution is 2.32. The molecule has 0 radical (unpaired) electrons. The molecule has 1 aliphatic carbocycles. The van der Waals surface area contributed by atoms with Gasteiger partial charge in [-0.05, 0) is 44.7 Å². The fourth-order valence-corrected chi connectivity index (χ4v) is 4.88. The monoisotopic (exact) mass is 407 g/mol. The van der Waals surface area contributed by atoms with Gasteiger partial charge in [-0.25, -0.2) is 8.42 Å². The van der Waals surface area contributed by atoms with Crippen molar-refractivity contribution in [3.05, 3.63) is 29.8 Å². The van der Waals surface area contributed by atoms with Crippen LogP contribution in [0.15, 0.2) is 29.2 Å². The summed E-state index contributed by atoms with van der Waals surface area (Å²) in [6, 6.07) is 6.97. The summed E-state index contributed by atoms with van der Waals surface area (Å²) in [6.07, 6.45) is 2.66. The van der Waals surface area contributed by atoms with Crippen LogP contribution in [0.5, 0.6) is 0 Å². The molecule has 2 amide bonds. The van der Waals surface area contributed by atoms with E-state index in [1.165, 1.54) is 4.31 Å². The first-order valence-electron chi connectivity index (χ1n) is 9.91. The Morgan fingerprint density at radius 3 is 2.25 bits per heavy atom. The van der Waals surface area contributed by atoms with Crippen LogP contribution < -0.4 is 5.32 Å². The number of nitrogens with one attached hydrogen (secondary N) is 1. The highest BCUT2D eigenvalue weighted by atomic mass is 32.2. The van der Waals surface area contributed by atoms with Gasteiger partial charge < -0.3 is 10.2 Å². The third-order valence-corrected chi connectivity index (χ3v) is 7.45. The van der Waals surface area contributed by atoms with E-state index in [0.717, 1.165) is 18.4 Å². The van der Waals surface area contributed by atoms with Crippen molar-refractivity contribution in [1.29, 1.82) is 0 Å². The lowest BCUT2D eigenvalue weighted by atomic mass is 10.2. The average Bonchev–Trinajstić information content (AvgIpc) is 3.52. The minimum atomic E-state index is -3.54. The molecule has 28 heavy (non-hydrogen) atoms. The number of amides is 2. The highest BCUT2D eigenvalue weighted by Gasteiger charge is 2.31. The van der Waals surface area contributed by atoms with Crippen molar-refractivity contribution in [2.24, 2.45) is 5.92 Å². The molecule has 1 atom stereocenters.